The maximum absolute atomic E-state index is 12.1. The van der Waals surface area contributed by atoms with Crippen molar-refractivity contribution < 1.29 is 14.3 Å². The summed E-state index contributed by atoms with van der Waals surface area (Å²) in [7, 11) is 3.10. The van der Waals surface area contributed by atoms with Crippen molar-refractivity contribution in [2.75, 3.05) is 20.8 Å². The minimum absolute atomic E-state index is 0. The second kappa shape index (κ2) is 7.90. The Morgan fingerprint density at radius 2 is 1.80 bits per heavy atom. The monoisotopic (exact) mass is 414 g/mol. The molecular formula is C13H20ClIN2O3. The molecule has 7 heteroatoms. The number of hydrogen-bond donors (Lipinski definition) is 2. The van der Waals surface area contributed by atoms with Crippen molar-refractivity contribution in [3.63, 3.8) is 0 Å². The lowest BCUT2D eigenvalue weighted by molar-refractivity contribution is 0.0944. The highest BCUT2D eigenvalue weighted by Crippen LogP contribution is 2.31. The van der Waals surface area contributed by atoms with Gasteiger partial charge >= 0.3 is 0 Å². The number of benzene rings is 1. The molecule has 0 spiro atoms. The Morgan fingerprint density at radius 1 is 1.30 bits per heavy atom. The Morgan fingerprint density at radius 3 is 2.25 bits per heavy atom. The van der Waals surface area contributed by atoms with E-state index in [0.717, 1.165) is 3.57 Å². The number of carbonyl (C=O) groups is 1. The highest BCUT2D eigenvalue weighted by molar-refractivity contribution is 14.1. The van der Waals surface area contributed by atoms with E-state index >= 15 is 0 Å². The molecule has 0 aromatic heterocycles. The van der Waals surface area contributed by atoms with Crippen molar-refractivity contribution in [2.45, 2.75) is 19.4 Å². The number of carbonyl (C=O) groups excluding carboxylic acids is 1. The Hall–Kier alpha value is -0.730. The molecule has 1 amide bonds. The van der Waals surface area contributed by atoms with Gasteiger partial charge in [0, 0.05) is 15.7 Å². The number of amides is 1. The van der Waals surface area contributed by atoms with Crippen molar-refractivity contribution in [1.29, 1.82) is 0 Å². The lowest BCUT2D eigenvalue weighted by Gasteiger charge is -2.19. The smallest absolute Gasteiger partial charge is 0.252 e. The zero-order valence-corrected chi connectivity index (χ0v) is 14.9. The van der Waals surface area contributed by atoms with Crippen LogP contribution in [-0.2, 0) is 0 Å². The molecule has 0 fully saturated rings. The van der Waals surface area contributed by atoms with Gasteiger partial charge in [-0.05, 0) is 48.6 Å². The molecule has 5 nitrogen and oxygen atoms in total. The van der Waals surface area contributed by atoms with Gasteiger partial charge in [-0.1, -0.05) is 0 Å². The SMILES string of the molecule is COc1cc(I)c(C(=O)NCC(C)(C)N)cc1OC.Cl. The van der Waals surface area contributed by atoms with Crippen molar-refractivity contribution in [3.8, 4) is 11.5 Å². The van der Waals surface area contributed by atoms with Crippen molar-refractivity contribution in [1.82, 2.24) is 5.32 Å². The van der Waals surface area contributed by atoms with Crippen LogP contribution >= 0.6 is 35.0 Å². The van der Waals surface area contributed by atoms with Crippen LogP contribution in [0.25, 0.3) is 0 Å². The summed E-state index contributed by atoms with van der Waals surface area (Å²) >= 11 is 2.09. The van der Waals surface area contributed by atoms with E-state index in [2.05, 4.69) is 27.9 Å². The number of hydrogen-bond acceptors (Lipinski definition) is 4. The molecule has 1 rings (SSSR count). The first-order valence-electron chi connectivity index (χ1n) is 5.77. The Balaban J connectivity index is 0.00000361. The van der Waals surface area contributed by atoms with E-state index < -0.39 is 5.54 Å². The predicted molar refractivity (Wildman–Crippen MR) is 90.1 cm³/mol. The van der Waals surface area contributed by atoms with E-state index in [1.165, 1.54) is 7.11 Å². The van der Waals surface area contributed by atoms with E-state index in [9.17, 15) is 4.79 Å². The number of rotatable bonds is 5. The van der Waals surface area contributed by atoms with E-state index in [0.29, 0.717) is 23.6 Å². The van der Waals surface area contributed by atoms with Crippen LogP contribution in [0.3, 0.4) is 0 Å². The molecule has 0 unspecified atom stereocenters. The summed E-state index contributed by atoms with van der Waals surface area (Å²) in [5.74, 6) is 0.951. The summed E-state index contributed by atoms with van der Waals surface area (Å²) in [5.41, 5.74) is 5.94. The highest BCUT2D eigenvalue weighted by Gasteiger charge is 2.17. The summed E-state index contributed by atoms with van der Waals surface area (Å²) in [6, 6.07) is 3.43. The number of halogens is 2. The first-order chi connectivity index (χ1) is 8.78. The second-order valence-corrected chi connectivity index (χ2v) is 6.02. The normalized spacial score (nSPS) is 10.5. The van der Waals surface area contributed by atoms with E-state index in [-0.39, 0.29) is 18.3 Å². The highest BCUT2D eigenvalue weighted by atomic mass is 127. The zero-order valence-electron chi connectivity index (χ0n) is 12.0. The summed E-state index contributed by atoms with van der Waals surface area (Å²) in [6.07, 6.45) is 0. The first kappa shape index (κ1) is 19.3. The maximum Gasteiger partial charge on any atom is 0.252 e. The third kappa shape index (κ3) is 5.34. The number of nitrogens with two attached hydrogens (primary N) is 1. The number of ether oxygens (including phenoxy) is 2. The minimum Gasteiger partial charge on any atom is -0.493 e. The fourth-order valence-corrected chi connectivity index (χ4v) is 2.11. The molecule has 0 heterocycles. The molecule has 0 aliphatic heterocycles. The van der Waals surface area contributed by atoms with Crippen molar-refractivity contribution in [2.24, 2.45) is 5.73 Å². The average molecular weight is 415 g/mol. The van der Waals surface area contributed by atoms with Crippen molar-refractivity contribution in [3.05, 3.63) is 21.3 Å². The van der Waals surface area contributed by atoms with Gasteiger partial charge < -0.3 is 20.5 Å². The number of methoxy groups -OCH3 is 2. The third-order valence-electron chi connectivity index (χ3n) is 2.42. The maximum atomic E-state index is 12.1. The van der Waals surface area contributed by atoms with Crippen LogP contribution in [0, 0.1) is 3.57 Å². The number of nitrogens with one attached hydrogen (secondary N) is 1. The van der Waals surface area contributed by atoms with Crippen molar-refractivity contribution >= 4 is 40.9 Å². The van der Waals surface area contributed by atoms with E-state index in [1.54, 1.807) is 19.2 Å². The largest absolute Gasteiger partial charge is 0.493 e. The molecule has 20 heavy (non-hydrogen) atoms. The van der Waals surface area contributed by atoms with Gasteiger partial charge in [0.1, 0.15) is 0 Å². The van der Waals surface area contributed by atoms with Crippen LogP contribution in [0.1, 0.15) is 24.2 Å². The van der Waals surface area contributed by atoms with Crippen LogP contribution < -0.4 is 20.5 Å². The summed E-state index contributed by atoms with van der Waals surface area (Å²) in [6.45, 7) is 4.11. The van der Waals surface area contributed by atoms with Gasteiger partial charge in [0.2, 0.25) is 0 Å². The Labute approximate surface area is 139 Å². The molecule has 0 radical (unpaired) electrons. The summed E-state index contributed by atoms with van der Waals surface area (Å²) in [4.78, 5) is 12.1. The molecule has 1 aromatic carbocycles. The van der Waals surface area contributed by atoms with Crippen LogP contribution in [0.15, 0.2) is 12.1 Å². The quantitative estimate of drug-likeness (QED) is 0.725. The fourth-order valence-electron chi connectivity index (χ4n) is 1.43. The summed E-state index contributed by atoms with van der Waals surface area (Å²) in [5, 5.41) is 2.80. The molecule has 0 saturated heterocycles. The summed E-state index contributed by atoms with van der Waals surface area (Å²) < 4.78 is 11.2. The molecule has 0 bridgehead atoms. The van der Waals surface area contributed by atoms with Crippen LogP contribution in [0.2, 0.25) is 0 Å². The van der Waals surface area contributed by atoms with Crippen LogP contribution in [-0.4, -0.2) is 32.2 Å². The van der Waals surface area contributed by atoms with Crippen LogP contribution in [0.5, 0.6) is 11.5 Å². The van der Waals surface area contributed by atoms with Gasteiger partial charge in [-0.15, -0.1) is 12.4 Å². The first-order valence-corrected chi connectivity index (χ1v) is 6.85. The topological polar surface area (TPSA) is 73.6 Å². The minimum atomic E-state index is -0.447. The second-order valence-electron chi connectivity index (χ2n) is 4.86. The van der Waals surface area contributed by atoms with Crippen LogP contribution in [0.4, 0.5) is 0 Å². The lowest BCUT2D eigenvalue weighted by atomic mass is 10.1. The molecule has 0 atom stereocenters. The van der Waals surface area contributed by atoms with E-state index in [4.69, 9.17) is 15.2 Å². The molecule has 1 aromatic rings. The van der Waals surface area contributed by atoms with Gasteiger partial charge in [0.15, 0.2) is 11.5 Å². The predicted octanol–water partition coefficient (Wildman–Crippen LogP) is 2.20. The molecule has 3 N–H and O–H groups in total. The molecule has 0 saturated carbocycles. The fraction of sp³-hybridized carbons (Fsp3) is 0.462. The van der Waals surface area contributed by atoms with Gasteiger partial charge in [-0.2, -0.15) is 0 Å². The van der Waals surface area contributed by atoms with Gasteiger partial charge in [-0.3, -0.25) is 4.79 Å². The third-order valence-corrected chi connectivity index (χ3v) is 3.31. The standard InChI is InChI=1S/C13H19IN2O3.ClH/c1-13(2,15)7-16-12(17)8-5-10(18-3)11(19-4)6-9(8)14;/h5-6H,7,15H2,1-4H3,(H,16,17);1H. The molecule has 0 aliphatic carbocycles. The molecular weight excluding hydrogens is 395 g/mol. The zero-order chi connectivity index (χ0) is 14.6. The lowest BCUT2D eigenvalue weighted by Crippen LogP contribution is -2.45. The van der Waals surface area contributed by atoms with Gasteiger partial charge in [0.25, 0.3) is 5.91 Å². The Kier molecular flexibility index (Phi) is 7.61. The Bertz CT molecular complexity index is 475. The average Bonchev–Trinajstić information content (AvgIpc) is 2.34. The molecule has 0 aliphatic rings. The van der Waals surface area contributed by atoms with E-state index in [1.807, 2.05) is 13.8 Å². The van der Waals surface area contributed by atoms with Gasteiger partial charge in [-0.25, -0.2) is 0 Å². The van der Waals surface area contributed by atoms with Gasteiger partial charge in [0.05, 0.1) is 19.8 Å². The molecule has 114 valence electrons.